The summed E-state index contributed by atoms with van der Waals surface area (Å²) in [4.78, 5) is 17.9. The second-order valence-electron chi connectivity index (χ2n) is 5.93. The van der Waals surface area contributed by atoms with E-state index < -0.39 is 0 Å². The van der Waals surface area contributed by atoms with Crippen molar-refractivity contribution in [2.45, 2.75) is 19.4 Å². The number of para-hydroxylation sites is 1. The minimum atomic E-state index is 0.0449. The van der Waals surface area contributed by atoms with Gasteiger partial charge in [0, 0.05) is 37.5 Å². The summed E-state index contributed by atoms with van der Waals surface area (Å²) in [5.74, 6) is 1.51. The van der Waals surface area contributed by atoms with Crippen molar-refractivity contribution in [3.63, 3.8) is 0 Å². The molecule has 0 aliphatic rings. The Morgan fingerprint density at radius 1 is 1.15 bits per heavy atom. The molecule has 0 N–H and O–H groups in total. The molecular formula is C20H21N3O3. The molecule has 0 spiro atoms. The number of amides is 1. The first-order valence-electron chi connectivity index (χ1n) is 8.50. The molecule has 0 radical (unpaired) electrons. The van der Waals surface area contributed by atoms with Crippen molar-refractivity contribution in [3.05, 3.63) is 66.7 Å². The standard InChI is InChI=1S/C20H21N3O3/c1-23(20(24)8-5-13-25-17-6-3-2-4-7-17)15-18-14-19(22-26-18)16-9-11-21-12-10-16/h2-4,6-7,9-12,14H,5,8,13,15H2,1H3. The number of hydrogen-bond acceptors (Lipinski definition) is 5. The Bertz CT molecular complexity index is 819. The van der Waals surface area contributed by atoms with Crippen molar-refractivity contribution in [1.82, 2.24) is 15.0 Å². The second kappa shape index (κ2) is 8.80. The molecular weight excluding hydrogens is 330 g/mol. The molecule has 0 atom stereocenters. The Morgan fingerprint density at radius 2 is 1.92 bits per heavy atom. The van der Waals surface area contributed by atoms with Gasteiger partial charge in [-0.1, -0.05) is 23.4 Å². The van der Waals surface area contributed by atoms with E-state index in [4.69, 9.17) is 9.26 Å². The number of aromatic nitrogens is 2. The summed E-state index contributed by atoms with van der Waals surface area (Å²) in [7, 11) is 1.76. The topological polar surface area (TPSA) is 68.5 Å². The Hall–Kier alpha value is -3.15. The zero-order chi connectivity index (χ0) is 18.2. The Kier molecular flexibility index (Phi) is 5.98. The predicted octanol–water partition coefficient (Wildman–Crippen LogP) is 3.55. The molecule has 0 fully saturated rings. The number of pyridine rings is 1. The molecule has 1 amide bonds. The maximum Gasteiger partial charge on any atom is 0.222 e. The summed E-state index contributed by atoms with van der Waals surface area (Å²) in [6.45, 7) is 0.897. The van der Waals surface area contributed by atoms with Crippen LogP contribution < -0.4 is 4.74 Å². The molecule has 2 aromatic heterocycles. The SMILES string of the molecule is CN(Cc1cc(-c2ccncc2)no1)C(=O)CCCOc1ccccc1. The molecule has 3 aromatic rings. The number of carbonyl (C=O) groups excluding carboxylic acids is 1. The molecule has 0 aliphatic carbocycles. The van der Waals surface area contributed by atoms with Gasteiger partial charge in [-0.3, -0.25) is 9.78 Å². The smallest absolute Gasteiger partial charge is 0.222 e. The second-order valence-corrected chi connectivity index (χ2v) is 5.93. The van der Waals surface area contributed by atoms with E-state index >= 15 is 0 Å². The van der Waals surface area contributed by atoms with Gasteiger partial charge in [0.15, 0.2) is 5.76 Å². The molecule has 1 aromatic carbocycles. The largest absolute Gasteiger partial charge is 0.494 e. The summed E-state index contributed by atoms with van der Waals surface area (Å²) in [6.07, 6.45) is 4.50. The van der Waals surface area contributed by atoms with Gasteiger partial charge in [-0.2, -0.15) is 0 Å². The summed E-state index contributed by atoms with van der Waals surface area (Å²) in [5.41, 5.74) is 1.67. The van der Waals surface area contributed by atoms with E-state index in [0.29, 0.717) is 31.8 Å². The molecule has 0 saturated carbocycles. The van der Waals surface area contributed by atoms with Gasteiger partial charge >= 0.3 is 0 Å². The highest BCUT2D eigenvalue weighted by atomic mass is 16.5. The monoisotopic (exact) mass is 351 g/mol. The van der Waals surface area contributed by atoms with E-state index in [-0.39, 0.29) is 5.91 Å². The lowest BCUT2D eigenvalue weighted by atomic mass is 10.2. The van der Waals surface area contributed by atoms with Crippen molar-refractivity contribution >= 4 is 5.91 Å². The third-order valence-electron chi connectivity index (χ3n) is 3.90. The summed E-state index contributed by atoms with van der Waals surface area (Å²) in [5, 5.41) is 4.05. The summed E-state index contributed by atoms with van der Waals surface area (Å²) < 4.78 is 10.9. The quantitative estimate of drug-likeness (QED) is 0.581. The van der Waals surface area contributed by atoms with Crippen LogP contribution in [0.2, 0.25) is 0 Å². The maximum atomic E-state index is 12.2. The minimum Gasteiger partial charge on any atom is -0.494 e. The molecule has 6 heteroatoms. The van der Waals surface area contributed by atoms with Crippen molar-refractivity contribution in [1.29, 1.82) is 0 Å². The first kappa shape index (κ1) is 17.7. The van der Waals surface area contributed by atoms with E-state index in [0.717, 1.165) is 17.0 Å². The average Bonchev–Trinajstić information content (AvgIpc) is 3.15. The first-order valence-corrected chi connectivity index (χ1v) is 8.50. The number of nitrogens with zero attached hydrogens (tertiary/aromatic N) is 3. The zero-order valence-corrected chi connectivity index (χ0v) is 14.7. The van der Waals surface area contributed by atoms with E-state index in [1.54, 1.807) is 24.3 Å². The van der Waals surface area contributed by atoms with E-state index in [9.17, 15) is 4.79 Å². The van der Waals surface area contributed by atoms with Crippen LogP contribution in [0.5, 0.6) is 5.75 Å². The maximum absolute atomic E-state index is 12.2. The van der Waals surface area contributed by atoms with Gasteiger partial charge < -0.3 is 14.2 Å². The third kappa shape index (κ3) is 4.92. The van der Waals surface area contributed by atoms with Crippen LogP contribution in [-0.4, -0.2) is 34.6 Å². The van der Waals surface area contributed by atoms with Gasteiger partial charge in [0.1, 0.15) is 11.4 Å². The zero-order valence-electron chi connectivity index (χ0n) is 14.7. The van der Waals surface area contributed by atoms with Crippen LogP contribution in [0.4, 0.5) is 0 Å². The Balaban J connectivity index is 1.43. The van der Waals surface area contributed by atoms with Gasteiger partial charge in [0.2, 0.25) is 5.91 Å². The van der Waals surface area contributed by atoms with E-state index in [1.807, 2.05) is 48.5 Å². The van der Waals surface area contributed by atoms with E-state index in [1.165, 1.54) is 0 Å². The first-order chi connectivity index (χ1) is 12.7. The molecule has 2 heterocycles. The van der Waals surface area contributed by atoms with Gasteiger partial charge in [0.25, 0.3) is 0 Å². The lowest BCUT2D eigenvalue weighted by Crippen LogP contribution is -2.26. The minimum absolute atomic E-state index is 0.0449. The highest BCUT2D eigenvalue weighted by molar-refractivity contribution is 5.75. The van der Waals surface area contributed by atoms with Crippen LogP contribution in [0.25, 0.3) is 11.3 Å². The molecule has 0 aliphatic heterocycles. The molecule has 26 heavy (non-hydrogen) atoms. The predicted molar refractivity (Wildman–Crippen MR) is 97.4 cm³/mol. The van der Waals surface area contributed by atoms with Crippen LogP contribution in [0.3, 0.4) is 0 Å². The van der Waals surface area contributed by atoms with Crippen LogP contribution in [0.1, 0.15) is 18.6 Å². The normalized spacial score (nSPS) is 10.5. The molecule has 6 nitrogen and oxygen atoms in total. The van der Waals surface area contributed by atoms with Crippen LogP contribution >= 0.6 is 0 Å². The lowest BCUT2D eigenvalue weighted by molar-refractivity contribution is -0.130. The third-order valence-corrected chi connectivity index (χ3v) is 3.90. The lowest BCUT2D eigenvalue weighted by Gasteiger charge is -2.15. The van der Waals surface area contributed by atoms with Gasteiger partial charge in [-0.15, -0.1) is 0 Å². The van der Waals surface area contributed by atoms with E-state index in [2.05, 4.69) is 10.1 Å². The molecule has 0 saturated heterocycles. The molecule has 3 rings (SSSR count). The summed E-state index contributed by atoms with van der Waals surface area (Å²) >= 11 is 0. The fourth-order valence-corrected chi connectivity index (χ4v) is 2.49. The fraction of sp³-hybridized carbons (Fsp3) is 0.250. The number of ether oxygens (including phenoxy) is 1. The van der Waals surface area contributed by atoms with Crippen LogP contribution in [-0.2, 0) is 11.3 Å². The highest BCUT2D eigenvalue weighted by Gasteiger charge is 2.13. The number of rotatable bonds is 8. The number of carbonyl (C=O) groups is 1. The molecule has 0 bridgehead atoms. The van der Waals surface area contributed by atoms with Crippen molar-refractivity contribution in [3.8, 4) is 17.0 Å². The van der Waals surface area contributed by atoms with Crippen molar-refractivity contribution < 1.29 is 14.1 Å². The van der Waals surface area contributed by atoms with Gasteiger partial charge in [-0.25, -0.2) is 0 Å². The Morgan fingerprint density at radius 3 is 2.69 bits per heavy atom. The molecule has 0 unspecified atom stereocenters. The van der Waals surface area contributed by atoms with Gasteiger partial charge in [-0.05, 0) is 30.7 Å². The van der Waals surface area contributed by atoms with Crippen LogP contribution in [0.15, 0.2) is 65.4 Å². The Labute approximate surface area is 152 Å². The summed E-state index contributed by atoms with van der Waals surface area (Å²) in [6, 6.07) is 15.2. The average molecular weight is 351 g/mol. The fourth-order valence-electron chi connectivity index (χ4n) is 2.49. The van der Waals surface area contributed by atoms with Crippen LogP contribution in [0, 0.1) is 0 Å². The van der Waals surface area contributed by atoms with Crippen molar-refractivity contribution in [2.24, 2.45) is 0 Å². The van der Waals surface area contributed by atoms with Crippen molar-refractivity contribution in [2.75, 3.05) is 13.7 Å². The number of benzene rings is 1. The van der Waals surface area contributed by atoms with Gasteiger partial charge in [0.05, 0.1) is 13.2 Å². The number of hydrogen-bond donors (Lipinski definition) is 0. The molecule has 134 valence electrons. The highest BCUT2D eigenvalue weighted by Crippen LogP contribution is 2.19.